The molecular weight excluding hydrogens is 665 g/mol. The Bertz CT molecular complexity index is 2360. The quantitative estimate of drug-likeness (QED) is 0.113. The van der Waals surface area contributed by atoms with Crippen molar-refractivity contribution in [2.45, 2.75) is 32.4 Å². The zero-order valence-corrected chi connectivity index (χ0v) is 30.2. The topological polar surface area (TPSA) is 86.0 Å². The van der Waals surface area contributed by atoms with Crippen LogP contribution in [-0.4, -0.2) is 19.2 Å². The highest BCUT2D eigenvalue weighted by molar-refractivity contribution is 7.00. The van der Waals surface area contributed by atoms with Crippen LogP contribution in [0.25, 0.3) is 22.3 Å². The second-order valence-electron chi connectivity index (χ2n) is 13.7. The molecular formula is C45H38O6Si. The first-order chi connectivity index (χ1) is 25.2. The van der Waals surface area contributed by atoms with Crippen molar-refractivity contribution in [1.82, 2.24) is 0 Å². The molecule has 0 aliphatic carbocycles. The van der Waals surface area contributed by atoms with Crippen LogP contribution in [0.3, 0.4) is 0 Å². The maximum atomic E-state index is 14.9. The average Bonchev–Trinajstić information content (AvgIpc) is 3.17. The van der Waals surface area contributed by atoms with Crippen LogP contribution in [0, 0.1) is 0 Å². The molecule has 0 bridgehead atoms. The molecule has 6 aromatic carbocycles. The van der Waals surface area contributed by atoms with Crippen molar-refractivity contribution in [2.75, 3.05) is 0 Å². The van der Waals surface area contributed by atoms with Crippen LogP contribution in [0.15, 0.2) is 167 Å². The first kappa shape index (κ1) is 34.3. The number of carbonyl (C=O) groups excluding carboxylic acids is 1. The molecule has 1 aromatic heterocycles. The highest BCUT2D eigenvalue weighted by Gasteiger charge is 2.52. The van der Waals surface area contributed by atoms with Gasteiger partial charge in [0.05, 0.1) is 0 Å². The van der Waals surface area contributed by atoms with Crippen molar-refractivity contribution in [3.8, 4) is 28.6 Å². The van der Waals surface area contributed by atoms with E-state index < -0.39 is 18.8 Å². The molecule has 1 heterocycles. The van der Waals surface area contributed by atoms with Gasteiger partial charge >= 0.3 is 8.32 Å². The Morgan fingerprint density at radius 1 is 0.692 bits per heavy atom. The molecule has 0 fully saturated rings. The van der Waals surface area contributed by atoms with E-state index in [1.54, 1.807) is 36.4 Å². The summed E-state index contributed by atoms with van der Waals surface area (Å²) in [6.45, 7) is 6.52. The van der Waals surface area contributed by atoms with Crippen molar-refractivity contribution in [1.29, 1.82) is 0 Å². The molecule has 0 atom stereocenters. The van der Waals surface area contributed by atoms with Crippen LogP contribution in [0.5, 0.6) is 17.2 Å². The Balaban J connectivity index is 1.45. The van der Waals surface area contributed by atoms with Gasteiger partial charge in [-0.15, -0.1) is 0 Å². The molecule has 7 rings (SSSR count). The van der Waals surface area contributed by atoms with E-state index in [2.05, 4.69) is 45.0 Å². The molecule has 1 N–H and O–H groups in total. The highest BCUT2D eigenvalue weighted by atomic mass is 28.4. The van der Waals surface area contributed by atoms with E-state index >= 15 is 0 Å². The van der Waals surface area contributed by atoms with E-state index in [-0.39, 0.29) is 46.4 Å². The zero-order valence-electron chi connectivity index (χ0n) is 29.2. The monoisotopic (exact) mass is 702 g/mol. The van der Waals surface area contributed by atoms with Gasteiger partial charge in [0.15, 0.2) is 11.5 Å². The normalized spacial score (nSPS) is 11.7. The molecule has 0 aliphatic rings. The van der Waals surface area contributed by atoms with Gasteiger partial charge in [0.1, 0.15) is 29.1 Å². The number of fused-ring (bicyclic) bond motifs is 1. The summed E-state index contributed by atoms with van der Waals surface area (Å²) >= 11 is 0. The largest absolute Gasteiger partial charge is 0.533 e. The van der Waals surface area contributed by atoms with E-state index in [4.69, 9.17) is 13.6 Å². The van der Waals surface area contributed by atoms with Gasteiger partial charge < -0.3 is 18.7 Å². The van der Waals surface area contributed by atoms with Gasteiger partial charge in [-0.1, -0.05) is 160 Å². The fourth-order valence-corrected chi connectivity index (χ4v) is 11.2. The third-order valence-electron chi connectivity index (χ3n) is 9.23. The summed E-state index contributed by atoms with van der Waals surface area (Å²) in [5.41, 5.74) is 1.96. The second kappa shape index (κ2) is 14.2. The van der Waals surface area contributed by atoms with Crippen LogP contribution in [0.4, 0.5) is 0 Å². The number of benzene rings is 6. The molecule has 0 amide bonds. The van der Waals surface area contributed by atoms with Gasteiger partial charge in [-0.3, -0.25) is 9.59 Å². The maximum absolute atomic E-state index is 14.9. The summed E-state index contributed by atoms with van der Waals surface area (Å²) in [6, 6.07) is 48.5. The number of hydrogen-bond donors (Lipinski definition) is 1. The first-order valence-electron chi connectivity index (χ1n) is 17.2. The van der Waals surface area contributed by atoms with Crippen LogP contribution in [0.2, 0.25) is 5.04 Å². The van der Waals surface area contributed by atoms with Crippen LogP contribution in [-0.2, 0) is 6.61 Å². The molecule has 258 valence electrons. The van der Waals surface area contributed by atoms with Gasteiger partial charge in [-0.25, -0.2) is 0 Å². The van der Waals surface area contributed by atoms with Gasteiger partial charge in [0.2, 0.25) is 11.2 Å². The molecule has 0 saturated carbocycles. The van der Waals surface area contributed by atoms with Gasteiger partial charge in [0.25, 0.3) is 0 Å². The van der Waals surface area contributed by atoms with Crippen molar-refractivity contribution >= 4 is 35.4 Å². The molecule has 6 nitrogen and oxygen atoms in total. The van der Waals surface area contributed by atoms with E-state index in [1.165, 1.54) is 12.1 Å². The fraction of sp³-hybridized carbons (Fsp3) is 0.111. The Morgan fingerprint density at radius 3 is 1.85 bits per heavy atom. The van der Waals surface area contributed by atoms with Crippen LogP contribution in [0.1, 0.15) is 42.3 Å². The maximum Gasteiger partial charge on any atom is 0.319 e. The summed E-state index contributed by atoms with van der Waals surface area (Å²) in [7, 11) is -3.24. The Morgan fingerprint density at radius 2 is 1.25 bits per heavy atom. The molecule has 0 radical (unpaired) electrons. The molecule has 7 heteroatoms. The minimum Gasteiger partial charge on any atom is -0.533 e. The minimum atomic E-state index is -3.24. The van der Waals surface area contributed by atoms with Gasteiger partial charge in [0, 0.05) is 28.8 Å². The summed E-state index contributed by atoms with van der Waals surface area (Å²) in [4.78, 5) is 28.4. The molecule has 0 saturated heterocycles. The van der Waals surface area contributed by atoms with E-state index in [0.717, 1.165) is 15.9 Å². The second-order valence-corrected chi connectivity index (χ2v) is 17.9. The van der Waals surface area contributed by atoms with Crippen molar-refractivity contribution in [3.63, 3.8) is 0 Å². The van der Waals surface area contributed by atoms with Gasteiger partial charge in [-0.05, 0) is 27.0 Å². The number of hydrogen-bond acceptors (Lipinski definition) is 6. The number of ketones is 1. The van der Waals surface area contributed by atoms with Gasteiger partial charge in [-0.2, -0.15) is 0 Å². The number of aromatic hydroxyl groups is 1. The Labute approximate surface area is 303 Å². The molecule has 0 spiro atoms. The first-order valence-corrected chi connectivity index (χ1v) is 19.1. The smallest absolute Gasteiger partial charge is 0.319 e. The van der Waals surface area contributed by atoms with Crippen LogP contribution >= 0.6 is 0 Å². The molecule has 7 aromatic rings. The fourth-order valence-electron chi connectivity index (χ4n) is 6.76. The van der Waals surface area contributed by atoms with Crippen molar-refractivity contribution in [2.24, 2.45) is 0 Å². The highest BCUT2D eigenvalue weighted by Crippen LogP contribution is 2.42. The zero-order chi connectivity index (χ0) is 36.3. The molecule has 0 unspecified atom stereocenters. The number of phenols is 1. The standard InChI is InChI=1S/C45H38O6Si/c1-45(2,3)52(36-23-12-6-13-24-36,37-25-14-7-15-26-37)51-39-29-35(46)28-38-40(39)42(48)44(49-30-31-17-8-4-9-18-31)43(50-38)34-22-16-21-33(27-34)41(47)32-19-10-5-11-20-32/h4-29,46H,30H2,1-3H3. The summed E-state index contributed by atoms with van der Waals surface area (Å²) in [6.07, 6.45) is 0. The summed E-state index contributed by atoms with van der Waals surface area (Å²) in [5, 5.41) is 12.9. The van der Waals surface area contributed by atoms with Crippen LogP contribution < -0.4 is 25.0 Å². The molecule has 0 aliphatic heterocycles. The lowest BCUT2D eigenvalue weighted by Gasteiger charge is -2.43. The van der Waals surface area contributed by atoms with E-state index in [1.807, 2.05) is 84.9 Å². The number of ether oxygens (including phenoxy) is 1. The Hall–Kier alpha value is -6.18. The number of phenolic OH excluding ortho intramolecular Hbond substituents is 1. The predicted octanol–water partition coefficient (Wildman–Crippen LogP) is 8.91. The number of rotatable bonds is 10. The predicted molar refractivity (Wildman–Crippen MR) is 208 cm³/mol. The average molecular weight is 703 g/mol. The lowest BCUT2D eigenvalue weighted by atomic mass is 10.00. The minimum absolute atomic E-state index is 0.0290. The third-order valence-corrected chi connectivity index (χ3v) is 14.2. The lowest BCUT2D eigenvalue weighted by molar-refractivity contribution is 0.103. The van der Waals surface area contributed by atoms with Crippen molar-refractivity contribution < 1.29 is 23.5 Å². The SMILES string of the molecule is CC(C)(C)[Si](Oc1cc(O)cc2oc(-c3cccc(C(=O)c4ccccc4)c3)c(OCc3ccccc3)c(=O)c12)(c1ccccc1)c1ccccc1. The Kier molecular flexibility index (Phi) is 9.37. The summed E-state index contributed by atoms with van der Waals surface area (Å²) in [5.74, 6) is 0.00965. The van der Waals surface area contributed by atoms with E-state index in [0.29, 0.717) is 16.7 Å². The van der Waals surface area contributed by atoms with E-state index in [9.17, 15) is 14.7 Å². The summed E-state index contributed by atoms with van der Waals surface area (Å²) < 4.78 is 20.2. The van der Waals surface area contributed by atoms with Crippen molar-refractivity contribution in [3.05, 3.63) is 185 Å². The lowest BCUT2D eigenvalue weighted by Crippen LogP contribution is -2.68. The number of carbonyl (C=O) groups is 1. The molecule has 52 heavy (non-hydrogen) atoms. The third kappa shape index (κ3) is 6.54.